The van der Waals surface area contributed by atoms with Gasteiger partial charge < -0.3 is 14.5 Å². The molecule has 0 N–H and O–H groups in total. The number of halogens is 4. The number of rotatable bonds is 8. The number of anilines is 2. The molecule has 43 heavy (non-hydrogen) atoms. The van der Waals surface area contributed by atoms with Crippen molar-refractivity contribution in [3.8, 4) is 6.07 Å². The zero-order chi connectivity index (χ0) is 32.8. The summed E-state index contributed by atoms with van der Waals surface area (Å²) < 4.78 is 57.0. The lowest BCUT2D eigenvalue weighted by Gasteiger charge is -2.35. The Labute approximate surface area is 252 Å². The molecule has 1 aliphatic heterocycles. The highest BCUT2D eigenvalue weighted by Gasteiger charge is 2.36. The molecule has 0 unspecified atom stereocenters. The van der Waals surface area contributed by atoms with Crippen molar-refractivity contribution >= 4 is 36.3 Å². The maximum atomic E-state index is 13.1. The molecule has 238 valence electrons. The lowest BCUT2D eigenvalue weighted by molar-refractivity contribution is -0.139. The molecule has 16 heteroatoms. The summed E-state index contributed by atoms with van der Waals surface area (Å²) in [4.78, 5) is 44.3. The third kappa shape index (κ3) is 11.8. The molecule has 11 nitrogen and oxygen atoms in total. The van der Waals surface area contributed by atoms with Gasteiger partial charge in [-0.3, -0.25) is 19.3 Å². The van der Waals surface area contributed by atoms with Gasteiger partial charge in [-0.05, 0) is 39.3 Å². The van der Waals surface area contributed by atoms with Gasteiger partial charge in [0.15, 0.2) is 18.2 Å². The van der Waals surface area contributed by atoms with Gasteiger partial charge >= 0.3 is 6.18 Å². The summed E-state index contributed by atoms with van der Waals surface area (Å²) in [6.45, 7) is 11.8. The van der Waals surface area contributed by atoms with Crippen molar-refractivity contribution in [1.82, 2.24) is 19.1 Å². The van der Waals surface area contributed by atoms with Crippen molar-refractivity contribution in [1.29, 1.82) is 5.26 Å². The molecule has 0 atom stereocenters. The van der Waals surface area contributed by atoms with E-state index >= 15 is 0 Å². The van der Waals surface area contributed by atoms with Crippen molar-refractivity contribution in [2.24, 2.45) is 0 Å². The van der Waals surface area contributed by atoms with Gasteiger partial charge in [0.2, 0.25) is 12.3 Å². The maximum absolute atomic E-state index is 13.1. The number of ether oxygens (including phenoxy) is 1. The molecule has 2 amide bonds. The van der Waals surface area contributed by atoms with Crippen LogP contribution < -0.4 is 15.4 Å². The monoisotopic (exact) mass is 631 g/mol. The van der Waals surface area contributed by atoms with Gasteiger partial charge in [0.05, 0.1) is 11.2 Å². The van der Waals surface area contributed by atoms with Crippen LogP contribution in [0.25, 0.3) is 0 Å². The molecule has 3 heterocycles. The minimum atomic E-state index is -5.06. The van der Waals surface area contributed by atoms with E-state index in [1.54, 1.807) is 24.1 Å². The second kappa shape index (κ2) is 17.4. The highest BCUT2D eigenvalue weighted by molar-refractivity contribution is 7.92. The number of hydrogen-bond donors (Lipinski definition) is 0. The fourth-order valence-electron chi connectivity index (χ4n) is 3.46. The largest absolute Gasteiger partial charge is 0.421 e. The molecular formula is C27H37F4N7O4S. The van der Waals surface area contributed by atoms with Crippen molar-refractivity contribution in [2.45, 2.75) is 59.2 Å². The second-order valence-corrected chi connectivity index (χ2v) is 10.2. The highest BCUT2D eigenvalue weighted by Crippen LogP contribution is 2.29. The Morgan fingerprint density at radius 3 is 2.23 bits per heavy atom. The van der Waals surface area contributed by atoms with Crippen molar-refractivity contribution in [2.75, 3.05) is 49.6 Å². The van der Waals surface area contributed by atoms with Gasteiger partial charge in [-0.1, -0.05) is 13.8 Å². The fraction of sp³-hybridized carbons (Fsp3) is 0.556. The van der Waals surface area contributed by atoms with Gasteiger partial charge in [-0.15, -0.1) is 13.1 Å². The summed E-state index contributed by atoms with van der Waals surface area (Å²) in [5, 5.41) is 12.3. The van der Waals surface area contributed by atoms with E-state index in [0.29, 0.717) is 43.6 Å². The summed E-state index contributed by atoms with van der Waals surface area (Å²) in [7, 11) is 1.71. The van der Waals surface area contributed by atoms with Crippen LogP contribution in [0.2, 0.25) is 0 Å². The zero-order valence-corrected chi connectivity index (χ0v) is 25.8. The second-order valence-electron chi connectivity index (χ2n) is 9.76. The molecule has 0 aromatic carbocycles. The van der Waals surface area contributed by atoms with Gasteiger partial charge in [-0.25, -0.2) is 4.98 Å². The van der Waals surface area contributed by atoms with Crippen LogP contribution in [0.3, 0.4) is 0 Å². The Kier molecular flexibility index (Phi) is 15.1. The number of pyridine rings is 1. The lowest BCUT2D eigenvalue weighted by Crippen LogP contribution is -2.49. The van der Waals surface area contributed by atoms with Crippen LogP contribution in [-0.4, -0.2) is 76.8 Å². The fourth-order valence-corrected chi connectivity index (χ4v) is 3.73. The molecule has 0 bridgehead atoms. The standard InChI is InChI=1S/C20H19F4N7O3S.C5H12O.C2H6/c21-20(22,23)15-10-17(27-31(35-24)19(15)34)30(13-32)5-1-2-18(33)29-8-6-28(7-9-29)16-4-3-14(11-25)12-26-16;1-5(2,3)6-4;1-2/h3-4,10,12-13H,1-2,5-9H2;1-4H3;1-2H3. The summed E-state index contributed by atoms with van der Waals surface area (Å²) in [5.41, 5.74) is -2.87. The average Bonchev–Trinajstić information content (AvgIpc) is 3.00. The van der Waals surface area contributed by atoms with E-state index in [0.717, 1.165) is 4.90 Å². The molecule has 0 aliphatic carbocycles. The number of aromatic nitrogens is 3. The molecule has 1 fully saturated rings. The van der Waals surface area contributed by atoms with Crippen molar-refractivity contribution in [3.05, 3.63) is 45.9 Å². The predicted octanol–water partition coefficient (Wildman–Crippen LogP) is 4.46. The smallest absolute Gasteiger partial charge is 0.379 e. The minimum Gasteiger partial charge on any atom is -0.379 e. The Morgan fingerprint density at radius 1 is 1.19 bits per heavy atom. The first-order chi connectivity index (χ1) is 20.2. The van der Waals surface area contributed by atoms with E-state index in [2.05, 4.69) is 10.1 Å². The molecule has 0 spiro atoms. The number of hydrogen-bond acceptors (Lipinski definition) is 9. The van der Waals surface area contributed by atoms with Crippen LogP contribution in [-0.2, 0) is 20.5 Å². The molecule has 0 radical (unpaired) electrons. The van der Waals surface area contributed by atoms with Gasteiger partial charge in [-0.2, -0.15) is 18.4 Å². The maximum Gasteiger partial charge on any atom is 0.421 e. The number of carbonyl (C=O) groups excluding carboxylic acids is 2. The van der Waals surface area contributed by atoms with E-state index < -0.39 is 35.5 Å². The zero-order valence-electron chi connectivity index (χ0n) is 25.0. The number of amides is 2. The Hall–Kier alpha value is -3.71. The number of alkyl halides is 3. The molecule has 1 aliphatic rings. The van der Waals surface area contributed by atoms with Crippen molar-refractivity contribution < 1.29 is 31.4 Å². The summed E-state index contributed by atoms with van der Waals surface area (Å²) in [6.07, 6.45) is -3.26. The number of nitrogens with zero attached hydrogens (tertiary/aromatic N) is 7. The lowest BCUT2D eigenvalue weighted by atomic mass is 10.2. The Bertz CT molecular complexity index is 1270. The molecule has 0 saturated carbocycles. The van der Waals surface area contributed by atoms with Crippen LogP contribution in [0, 0.1) is 11.3 Å². The molecule has 2 aromatic rings. The van der Waals surface area contributed by atoms with E-state index in [-0.39, 0.29) is 41.4 Å². The van der Waals surface area contributed by atoms with Crippen LogP contribution >= 0.6 is 12.3 Å². The summed E-state index contributed by atoms with van der Waals surface area (Å²) in [5.74, 6) is -0.0687. The summed E-state index contributed by atoms with van der Waals surface area (Å²) >= 11 is -0.817. The average molecular weight is 632 g/mol. The summed E-state index contributed by atoms with van der Waals surface area (Å²) in [6, 6.07) is 5.75. The quantitative estimate of drug-likeness (QED) is 0.307. The number of methoxy groups -OCH3 is 1. The number of nitriles is 1. The van der Waals surface area contributed by atoms with E-state index in [1.165, 1.54) is 6.20 Å². The Morgan fingerprint density at radius 2 is 1.79 bits per heavy atom. The third-order valence-electron chi connectivity index (χ3n) is 5.90. The van der Waals surface area contributed by atoms with Crippen LogP contribution in [0.15, 0.2) is 29.2 Å². The van der Waals surface area contributed by atoms with E-state index in [4.69, 9.17) is 10.00 Å². The molecule has 2 aromatic heterocycles. The van der Waals surface area contributed by atoms with Crippen LogP contribution in [0.5, 0.6) is 0 Å². The topological polar surface area (TPSA) is 125 Å². The van der Waals surface area contributed by atoms with Crippen LogP contribution in [0.4, 0.5) is 28.7 Å². The molecule has 3 rings (SSSR count). The SMILES string of the molecule is CC.COC(C)(C)C.N#Cc1ccc(N2CCN(C(=O)CCCN(C=O)c3cc(C(F)(F)F)c(=O)n(SF)n3)CC2)nc1. The Balaban J connectivity index is 0.00000103. The van der Waals surface area contributed by atoms with Crippen molar-refractivity contribution in [3.63, 3.8) is 0 Å². The molecular weight excluding hydrogens is 594 g/mol. The van der Waals surface area contributed by atoms with Gasteiger partial charge in [0, 0.05) is 58.5 Å². The van der Waals surface area contributed by atoms with E-state index in [9.17, 15) is 31.4 Å². The third-order valence-corrected chi connectivity index (χ3v) is 6.28. The van der Waals surface area contributed by atoms with E-state index in [1.807, 2.05) is 45.6 Å². The highest BCUT2D eigenvalue weighted by atomic mass is 32.2. The first kappa shape index (κ1) is 37.3. The van der Waals surface area contributed by atoms with Crippen LogP contribution in [0.1, 0.15) is 58.6 Å². The van der Waals surface area contributed by atoms with Gasteiger partial charge in [0.25, 0.3) is 5.56 Å². The number of piperazine rings is 1. The first-order valence-corrected chi connectivity index (χ1v) is 14.1. The van der Waals surface area contributed by atoms with Gasteiger partial charge in [0.1, 0.15) is 17.5 Å². The minimum absolute atomic E-state index is 0.0169. The molecule has 1 saturated heterocycles. The number of carbonyl (C=O) groups is 2. The predicted molar refractivity (Wildman–Crippen MR) is 156 cm³/mol. The normalized spacial score (nSPS) is 13.1. The first-order valence-electron chi connectivity index (χ1n) is 13.4.